The van der Waals surface area contributed by atoms with Crippen LogP contribution in [0.25, 0.3) is 0 Å². The molecule has 19 heavy (non-hydrogen) atoms. The maximum atomic E-state index is 11.9. The van der Waals surface area contributed by atoms with E-state index in [-0.39, 0.29) is 0 Å². The third-order valence-corrected chi connectivity index (χ3v) is 5.41. The van der Waals surface area contributed by atoms with Gasteiger partial charge in [-0.25, -0.2) is 4.72 Å². The molecule has 0 saturated heterocycles. The molecule has 2 aliphatic rings. The maximum absolute atomic E-state index is 11.9. The SMILES string of the molecule is CN(CCCNC1CC1)S(=O)(=O)NCCCC1CC1. The summed E-state index contributed by atoms with van der Waals surface area (Å²) in [6, 6.07) is 0.697. The molecule has 2 N–H and O–H groups in total. The Morgan fingerprint density at radius 2 is 1.84 bits per heavy atom. The summed E-state index contributed by atoms with van der Waals surface area (Å²) in [5.41, 5.74) is 0. The minimum Gasteiger partial charge on any atom is -0.314 e. The summed E-state index contributed by atoms with van der Waals surface area (Å²) < 4.78 is 28.0. The Morgan fingerprint density at radius 1 is 1.11 bits per heavy atom. The molecule has 0 bridgehead atoms. The van der Waals surface area contributed by atoms with E-state index in [2.05, 4.69) is 10.0 Å². The van der Waals surface area contributed by atoms with Gasteiger partial charge >= 0.3 is 0 Å². The molecule has 0 aromatic rings. The Hall–Kier alpha value is -0.170. The van der Waals surface area contributed by atoms with Crippen molar-refractivity contribution in [3.8, 4) is 0 Å². The molecule has 0 radical (unpaired) electrons. The van der Waals surface area contributed by atoms with Gasteiger partial charge in [-0.1, -0.05) is 12.8 Å². The fourth-order valence-electron chi connectivity index (χ4n) is 2.12. The molecular formula is C13H27N3O2S. The van der Waals surface area contributed by atoms with Crippen LogP contribution >= 0.6 is 0 Å². The lowest BCUT2D eigenvalue weighted by Gasteiger charge is -2.17. The molecule has 0 aliphatic heterocycles. The zero-order chi connectivity index (χ0) is 13.7. The van der Waals surface area contributed by atoms with Crippen molar-refractivity contribution in [1.29, 1.82) is 0 Å². The predicted octanol–water partition coefficient (Wildman–Crippen LogP) is 1.08. The maximum Gasteiger partial charge on any atom is 0.279 e. The topological polar surface area (TPSA) is 61.4 Å². The first kappa shape index (κ1) is 15.2. The van der Waals surface area contributed by atoms with Crippen LogP contribution < -0.4 is 10.0 Å². The van der Waals surface area contributed by atoms with Crippen molar-refractivity contribution < 1.29 is 8.42 Å². The Kier molecular flexibility index (Phi) is 5.62. The quantitative estimate of drug-likeness (QED) is 0.560. The highest BCUT2D eigenvalue weighted by Crippen LogP contribution is 2.33. The fraction of sp³-hybridized carbons (Fsp3) is 1.00. The van der Waals surface area contributed by atoms with Crippen LogP contribution in [0.4, 0.5) is 0 Å². The van der Waals surface area contributed by atoms with Gasteiger partial charge in [-0.15, -0.1) is 0 Å². The summed E-state index contributed by atoms with van der Waals surface area (Å²) in [7, 11) is -1.61. The molecule has 0 amide bonds. The van der Waals surface area contributed by atoms with E-state index in [0.29, 0.717) is 19.1 Å². The van der Waals surface area contributed by atoms with Crippen LogP contribution in [0.15, 0.2) is 0 Å². The molecule has 6 heteroatoms. The Labute approximate surface area is 117 Å². The molecule has 0 aromatic carbocycles. The van der Waals surface area contributed by atoms with Gasteiger partial charge in [-0.05, 0) is 44.6 Å². The molecule has 2 aliphatic carbocycles. The number of rotatable bonds is 11. The van der Waals surface area contributed by atoms with Crippen LogP contribution in [-0.2, 0) is 10.2 Å². The third-order valence-electron chi connectivity index (χ3n) is 3.84. The first-order valence-corrected chi connectivity index (χ1v) is 8.96. The molecule has 0 aromatic heterocycles. The van der Waals surface area contributed by atoms with Crippen LogP contribution in [0.3, 0.4) is 0 Å². The molecule has 0 heterocycles. The van der Waals surface area contributed by atoms with Crippen LogP contribution in [0.5, 0.6) is 0 Å². The molecule has 112 valence electrons. The van der Waals surface area contributed by atoms with E-state index in [9.17, 15) is 8.42 Å². The third kappa shape index (κ3) is 6.21. The second-order valence-corrected chi connectivity index (χ2v) is 7.75. The van der Waals surface area contributed by atoms with Crippen LogP contribution in [0, 0.1) is 5.92 Å². The van der Waals surface area contributed by atoms with E-state index in [0.717, 1.165) is 31.7 Å². The van der Waals surface area contributed by atoms with Gasteiger partial charge in [0.2, 0.25) is 0 Å². The molecule has 0 atom stereocenters. The van der Waals surface area contributed by atoms with E-state index in [1.54, 1.807) is 7.05 Å². The van der Waals surface area contributed by atoms with E-state index >= 15 is 0 Å². The first-order chi connectivity index (χ1) is 9.08. The summed E-state index contributed by atoms with van der Waals surface area (Å²) in [5, 5.41) is 3.39. The summed E-state index contributed by atoms with van der Waals surface area (Å²) >= 11 is 0. The second-order valence-electron chi connectivity index (χ2n) is 5.89. The number of nitrogens with zero attached hydrogens (tertiary/aromatic N) is 1. The van der Waals surface area contributed by atoms with Crippen LogP contribution in [0.2, 0.25) is 0 Å². The fourth-order valence-corrected chi connectivity index (χ4v) is 3.12. The lowest BCUT2D eigenvalue weighted by atomic mass is 10.2. The van der Waals surface area contributed by atoms with Gasteiger partial charge < -0.3 is 5.32 Å². The van der Waals surface area contributed by atoms with E-state index in [4.69, 9.17) is 0 Å². The van der Waals surface area contributed by atoms with Crippen molar-refractivity contribution in [1.82, 2.24) is 14.3 Å². The number of hydrogen-bond acceptors (Lipinski definition) is 3. The lowest BCUT2D eigenvalue weighted by Crippen LogP contribution is -2.39. The summed E-state index contributed by atoms with van der Waals surface area (Å²) in [4.78, 5) is 0. The Bertz CT molecular complexity index is 364. The van der Waals surface area contributed by atoms with E-state index in [1.807, 2.05) is 0 Å². The monoisotopic (exact) mass is 289 g/mol. The van der Waals surface area contributed by atoms with E-state index < -0.39 is 10.2 Å². The lowest BCUT2D eigenvalue weighted by molar-refractivity contribution is 0.443. The number of nitrogens with one attached hydrogen (secondary N) is 2. The van der Waals surface area contributed by atoms with Gasteiger partial charge in [-0.3, -0.25) is 0 Å². The largest absolute Gasteiger partial charge is 0.314 e. The van der Waals surface area contributed by atoms with Gasteiger partial charge in [0.1, 0.15) is 0 Å². The number of hydrogen-bond donors (Lipinski definition) is 2. The molecule has 2 saturated carbocycles. The highest BCUT2D eigenvalue weighted by Gasteiger charge is 2.22. The molecule has 5 nitrogen and oxygen atoms in total. The smallest absolute Gasteiger partial charge is 0.279 e. The Balaban J connectivity index is 1.53. The molecule has 2 fully saturated rings. The summed E-state index contributed by atoms with van der Waals surface area (Å²) in [6.45, 7) is 2.06. The predicted molar refractivity (Wildman–Crippen MR) is 77.2 cm³/mol. The Morgan fingerprint density at radius 3 is 2.47 bits per heavy atom. The van der Waals surface area contributed by atoms with Crippen molar-refractivity contribution >= 4 is 10.2 Å². The zero-order valence-electron chi connectivity index (χ0n) is 11.9. The average Bonchev–Trinajstić information content (AvgIpc) is 3.24. The van der Waals surface area contributed by atoms with Crippen molar-refractivity contribution in [3.05, 3.63) is 0 Å². The average molecular weight is 289 g/mol. The van der Waals surface area contributed by atoms with Crippen molar-refractivity contribution in [3.63, 3.8) is 0 Å². The molecule has 2 rings (SSSR count). The van der Waals surface area contributed by atoms with E-state index in [1.165, 1.54) is 30.0 Å². The minimum atomic E-state index is -3.27. The van der Waals surface area contributed by atoms with Crippen molar-refractivity contribution in [2.75, 3.05) is 26.7 Å². The van der Waals surface area contributed by atoms with Gasteiger partial charge in [0.05, 0.1) is 0 Å². The standard InChI is InChI=1S/C13H27N3O2S/c1-16(11-3-9-14-13-7-8-13)19(17,18)15-10-2-4-12-5-6-12/h12-15H,2-11H2,1H3. The zero-order valence-corrected chi connectivity index (χ0v) is 12.7. The van der Waals surface area contributed by atoms with Gasteiger partial charge in [0.25, 0.3) is 10.2 Å². The highest BCUT2D eigenvalue weighted by atomic mass is 32.2. The van der Waals surface area contributed by atoms with Gasteiger partial charge in [-0.2, -0.15) is 12.7 Å². The van der Waals surface area contributed by atoms with Crippen LogP contribution in [-0.4, -0.2) is 45.4 Å². The minimum absolute atomic E-state index is 0.573. The molecule has 0 unspecified atom stereocenters. The molecule has 0 spiro atoms. The summed E-state index contributed by atoms with van der Waals surface area (Å²) in [5.74, 6) is 0.871. The van der Waals surface area contributed by atoms with Crippen molar-refractivity contribution in [2.45, 2.75) is 51.0 Å². The van der Waals surface area contributed by atoms with Gasteiger partial charge in [0, 0.05) is 26.2 Å². The normalized spacial score (nSPS) is 20.1. The highest BCUT2D eigenvalue weighted by molar-refractivity contribution is 7.87. The van der Waals surface area contributed by atoms with Gasteiger partial charge in [0.15, 0.2) is 0 Å². The summed E-state index contributed by atoms with van der Waals surface area (Å²) in [6.07, 6.45) is 8.21. The van der Waals surface area contributed by atoms with Crippen molar-refractivity contribution in [2.24, 2.45) is 5.92 Å². The molecular weight excluding hydrogens is 262 g/mol. The van der Waals surface area contributed by atoms with Crippen LogP contribution in [0.1, 0.15) is 44.9 Å². The first-order valence-electron chi connectivity index (χ1n) is 7.52. The second kappa shape index (κ2) is 7.02.